The number of nitrogens with zero attached hydrogens (tertiary/aromatic N) is 1. The molecule has 142 valence electrons. The zero-order chi connectivity index (χ0) is 20.1. The zero-order valence-corrected chi connectivity index (χ0v) is 14.9. The Bertz CT molecular complexity index is 819. The largest absolute Gasteiger partial charge is 0.452 e. The third kappa shape index (κ3) is 4.99. The Morgan fingerprint density at radius 2 is 1.69 bits per heavy atom. The van der Waals surface area contributed by atoms with E-state index >= 15 is 0 Å². The maximum absolute atomic E-state index is 12.4. The lowest BCUT2D eigenvalue weighted by Gasteiger charge is -2.16. The van der Waals surface area contributed by atoms with Crippen LogP contribution in [-0.2, 0) is 24.2 Å². The Morgan fingerprint density at radius 3 is 2.15 bits per heavy atom. The van der Waals surface area contributed by atoms with Gasteiger partial charge in [-0.3, -0.25) is 25.0 Å². The number of nitrogens with one attached hydrogen (secondary N) is 2. The molecule has 11 nitrogen and oxygen atoms in total. The van der Waals surface area contributed by atoms with E-state index in [4.69, 9.17) is 4.74 Å². The number of nitro benzene ring substituents is 1. The number of sulfone groups is 1. The Labute approximate surface area is 148 Å². The molecule has 0 radical (unpaired) electrons. The third-order valence-corrected chi connectivity index (χ3v) is 5.35. The van der Waals surface area contributed by atoms with Gasteiger partial charge in [-0.2, -0.15) is 0 Å². The maximum atomic E-state index is 12.4. The van der Waals surface area contributed by atoms with Gasteiger partial charge in [-0.15, -0.1) is 0 Å². The fraction of sp³-hybridized carbons (Fsp3) is 0.357. The molecule has 0 aliphatic rings. The average molecular weight is 387 g/mol. The summed E-state index contributed by atoms with van der Waals surface area (Å²) < 4.78 is 29.6. The molecule has 0 aliphatic heterocycles. The van der Waals surface area contributed by atoms with Gasteiger partial charge in [-0.1, -0.05) is 0 Å². The highest BCUT2D eigenvalue weighted by molar-refractivity contribution is 7.92. The molecule has 0 spiro atoms. The number of non-ortho nitro benzene ring substituents is 1. The molecule has 0 aromatic heterocycles. The molecule has 26 heavy (non-hydrogen) atoms. The van der Waals surface area contributed by atoms with E-state index in [9.17, 15) is 32.9 Å². The number of esters is 1. The maximum Gasteiger partial charge on any atom is 0.325 e. The molecule has 1 rings (SSSR count). The highest BCUT2D eigenvalue weighted by atomic mass is 32.2. The molecule has 0 bridgehead atoms. The predicted octanol–water partition coefficient (Wildman–Crippen LogP) is 0.144. The number of benzene rings is 1. The second-order valence-electron chi connectivity index (χ2n) is 5.09. The summed E-state index contributed by atoms with van der Waals surface area (Å²) in [6.07, 6.45) is -1.41. The molecular weight excluding hydrogens is 370 g/mol. The van der Waals surface area contributed by atoms with Crippen molar-refractivity contribution in [3.63, 3.8) is 0 Å². The first-order chi connectivity index (χ1) is 12.0. The Morgan fingerprint density at radius 1 is 1.15 bits per heavy atom. The van der Waals surface area contributed by atoms with E-state index in [1.54, 1.807) is 0 Å². The van der Waals surface area contributed by atoms with Crippen molar-refractivity contribution in [3.05, 3.63) is 34.4 Å². The molecule has 0 unspecified atom stereocenters. The van der Waals surface area contributed by atoms with E-state index in [1.165, 1.54) is 14.0 Å². The van der Waals surface area contributed by atoms with E-state index in [0.717, 1.165) is 31.2 Å². The van der Waals surface area contributed by atoms with E-state index < -0.39 is 44.0 Å². The van der Waals surface area contributed by atoms with Gasteiger partial charge < -0.3 is 10.1 Å². The molecule has 1 aromatic rings. The summed E-state index contributed by atoms with van der Waals surface area (Å²) in [4.78, 5) is 44.3. The van der Waals surface area contributed by atoms with Crippen LogP contribution in [0.15, 0.2) is 29.2 Å². The van der Waals surface area contributed by atoms with E-state index in [-0.39, 0.29) is 10.6 Å². The smallest absolute Gasteiger partial charge is 0.325 e. The number of imide groups is 1. The van der Waals surface area contributed by atoms with Gasteiger partial charge in [-0.25, -0.2) is 13.2 Å². The van der Waals surface area contributed by atoms with E-state index in [2.05, 4.69) is 5.32 Å². The molecular formula is C14H17N3O8S. The van der Waals surface area contributed by atoms with E-state index in [1.807, 2.05) is 5.32 Å². The first kappa shape index (κ1) is 21.0. The van der Waals surface area contributed by atoms with Gasteiger partial charge in [0.25, 0.3) is 11.6 Å². The Hall–Kier alpha value is -3.02. The number of amides is 3. The number of hydrogen-bond donors (Lipinski definition) is 2. The van der Waals surface area contributed by atoms with Gasteiger partial charge in [0.05, 0.1) is 9.82 Å². The topological polar surface area (TPSA) is 162 Å². The fourth-order valence-electron chi connectivity index (χ4n) is 1.69. The standard InChI is InChI=1S/C14H17N3O8S/c1-8(12(18)16-14(20)15-3)25-13(19)9(2)26(23,24)11-6-4-10(5-7-11)17(21)22/h4-9H,1-3H3,(H2,15,16,18,20)/t8-,9+/m0/s1. The average Bonchev–Trinajstić information content (AvgIpc) is 2.60. The van der Waals surface area contributed by atoms with Crippen LogP contribution in [0.25, 0.3) is 0 Å². The number of carbonyl (C=O) groups is 3. The third-order valence-electron chi connectivity index (χ3n) is 3.30. The van der Waals surface area contributed by atoms with Crippen molar-refractivity contribution in [2.24, 2.45) is 0 Å². The summed E-state index contributed by atoms with van der Waals surface area (Å²) >= 11 is 0. The summed E-state index contributed by atoms with van der Waals surface area (Å²) in [6, 6.07) is 3.16. The van der Waals surface area contributed by atoms with Gasteiger partial charge in [0.1, 0.15) is 0 Å². The molecule has 2 atom stereocenters. The summed E-state index contributed by atoms with van der Waals surface area (Å²) in [5.41, 5.74) is -0.307. The van der Waals surface area contributed by atoms with Crippen LogP contribution in [0.2, 0.25) is 0 Å². The first-order valence-electron chi connectivity index (χ1n) is 7.22. The molecule has 0 fully saturated rings. The number of urea groups is 1. The molecule has 3 amide bonds. The Balaban J connectivity index is 2.87. The number of carbonyl (C=O) groups excluding carboxylic acids is 3. The van der Waals surface area contributed by atoms with Crippen LogP contribution >= 0.6 is 0 Å². The van der Waals surface area contributed by atoms with Crippen LogP contribution in [0, 0.1) is 10.1 Å². The quantitative estimate of drug-likeness (QED) is 0.396. The van der Waals surface area contributed by atoms with Gasteiger partial charge in [-0.05, 0) is 26.0 Å². The van der Waals surface area contributed by atoms with Crippen molar-refractivity contribution < 1.29 is 32.5 Å². The van der Waals surface area contributed by atoms with Gasteiger partial charge in [0.2, 0.25) is 0 Å². The minimum absolute atomic E-state index is 0.307. The lowest BCUT2D eigenvalue weighted by molar-refractivity contribution is -0.384. The minimum atomic E-state index is -4.19. The lowest BCUT2D eigenvalue weighted by atomic mass is 10.3. The second-order valence-corrected chi connectivity index (χ2v) is 7.35. The highest BCUT2D eigenvalue weighted by Gasteiger charge is 2.33. The minimum Gasteiger partial charge on any atom is -0.452 e. The van der Waals surface area contributed by atoms with Gasteiger partial charge in [0.15, 0.2) is 21.2 Å². The van der Waals surface area contributed by atoms with Crippen LogP contribution in [0.3, 0.4) is 0 Å². The number of nitro groups is 1. The molecule has 2 N–H and O–H groups in total. The zero-order valence-electron chi connectivity index (χ0n) is 14.1. The van der Waals surface area contributed by atoms with Crippen molar-refractivity contribution in [1.82, 2.24) is 10.6 Å². The van der Waals surface area contributed by atoms with E-state index in [0.29, 0.717) is 0 Å². The molecule has 0 saturated carbocycles. The molecule has 0 heterocycles. The first-order valence-corrected chi connectivity index (χ1v) is 8.76. The predicted molar refractivity (Wildman–Crippen MR) is 87.9 cm³/mol. The summed E-state index contributed by atoms with van der Waals surface area (Å²) in [7, 11) is -2.91. The number of ether oxygens (including phenoxy) is 1. The summed E-state index contributed by atoms with van der Waals surface area (Å²) in [5, 5.41) is 12.9. The van der Waals surface area contributed by atoms with Crippen LogP contribution in [0.5, 0.6) is 0 Å². The van der Waals surface area contributed by atoms with Crippen molar-refractivity contribution in [2.75, 3.05) is 7.05 Å². The van der Waals surface area contributed by atoms with Gasteiger partial charge in [0, 0.05) is 19.2 Å². The van der Waals surface area contributed by atoms with Crippen molar-refractivity contribution in [3.8, 4) is 0 Å². The highest BCUT2D eigenvalue weighted by Crippen LogP contribution is 2.20. The molecule has 12 heteroatoms. The monoisotopic (exact) mass is 387 g/mol. The van der Waals surface area contributed by atoms with Crippen LogP contribution < -0.4 is 10.6 Å². The molecule has 1 aromatic carbocycles. The van der Waals surface area contributed by atoms with Gasteiger partial charge >= 0.3 is 12.0 Å². The fourth-order valence-corrected chi connectivity index (χ4v) is 2.92. The second kappa shape index (κ2) is 8.38. The normalized spacial score (nSPS) is 13.2. The summed E-state index contributed by atoms with van der Waals surface area (Å²) in [5.74, 6) is -2.14. The van der Waals surface area contributed by atoms with Crippen molar-refractivity contribution in [2.45, 2.75) is 30.1 Å². The number of rotatable bonds is 6. The van der Waals surface area contributed by atoms with Crippen LogP contribution in [-0.4, -0.2) is 49.7 Å². The van der Waals surface area contributed by atoms with Crippen molar-refractivity contribution >= 4 is 33.4 Å². The Kier molecular flexibility index (Phi) is 6.78. The van der Waals surface area contributed by atoms with Crippen molar-refractivity contribution in [1.29, 1.82) is 0 Å². The molecule has 0 aliphatic carbocycles. The molecule has 0 saturated heterocycles. The number of hydrogen-bond acceptors (Lipinski definition) is 8. The van der Waals surface area contributed by atoms with Crippen LogP contribution in [0.4, 0.5) is 10.5 Å². The summed E-state index contributed by atoms with van der Waals surface area (Å²) in [6.45, 7) is 2.23. The lowest BCUT2D eigenvalue weighted by Crippen LogP contribution is -2.44. The van der Waals surface area contributed by atoms with Crippen LogP contribution in [0.1, 0.15) is 13.8 Å². The SMILES string of the molecule is CNC(=O)NC(=O)[C@H](C)OC(=O)[C@@H](C)S(=O)(=O)c1ccc([N+](=O)[O-])cc1.